The molecule has 0 heterocycles. The van der Waals surface area contributed by atoms with Crippen LogP contribution in [0.25, 0.3) is 0 Å². The van der Waals surface area contributed by atoms with E-state index in [-0.39, 0.29) is 91.2 Å². The van der Waals surface area contributed by atoms with Crippen molar-refractivity contribution in [2.75, 3.05) is 58.9 Å². The van der Waals surface area contributed by atoms with E-state index in [1.165, 1.54) is 0 Å². The molecule has 0 saturated heterocycles. The van der Waals surface area contributed by atoms with Gasteiger partial charge in [-0.2, -0.15) is 0 Å². The number of hydrogen-bond donors (Lipinski definition) is 0. The molecule has 214 valence electrons. The molecule has 0 bridgehead atoms. The molecule has 37 heavy (non-hydrogen) atoms. The van der Waals surface area contributed by atoms with E-state index in [0.29, 0.717) is 26.2 Å². The lowest BCUT2D eigenvalue weighted by Crippen LogP contribution is -2.46. The molecule has 8 nitrogen and oxygen atoms in total. The van der Waals surface area contributed by atoms with Crippen molar-refractivity contribution in [1.82, 2.24) is 14.7 Å². The van der Waals surface area contributed by atoms with Crippen molar-refractivity contribution >= 4 is 28.9 Å². The Morgan fingerprint density at radius 2 is 0.514 bits per heavy atom. The summed E-state index contributed by atoms with van der Waals surface area (Å²) in [6.07, 6.45) is 0. The summed E-state index contributed by atoms with van der Waals surface area (Å²) in [5.74, 6) is -0.211. The molecule has 0 aromatic rings. The van der Waals surface area contributed by atoms with Gasteiger partial charge in [0, 0.05) is 55.8 Å². The van der Waals surface area contributed by atoms with Crippen LogP contribution in [0.15, 0.2) is 0 Å². The second-order valence-corrected chi connectivity index (χ2v) is 11.8. The summed E-state index contributed by atoms with van der Waals surface area (Å²) in [7, 11) is 0. The largest absolute Gasteiger partial charge is 0.298 e. The van der Waals surface area contributed by atoms with Crippen LogP contribution in [-0.4, -0.2) is 103 Å². The van der Waals surface area contributed by atoms with Crippen molar-refractivity contribution < 1.29 is 24.0 Å². The Bertz CT molecular complexity index is 663. The van der Waals surface area contributed by atoms with Crippen molar-refractivity contribution in [2.45, 2.75) is 69.2 Å². The third-order valence-corrected chi connectivity index (χ3v) is 6.58. The Morgan fingerprint density at radius 1 is 0.351 bits per heavy atom. The summed E-state index contributed by atoms with van der Waals surface area (Å²) >= 11 is 0. The Hall–Kier alpha value is -1.77. The number of carbonyl (C=O) groups excluding carboxylic acids is 5. The second kappa shape index (κ2) is 17.7. The summed E-state index contributed by atoms with van der Waals surface area (Å²) < 4.78 is 0. The summed E-state index contributed by atoms with van der Waals surface area (Å²) in [4.78, 5) is 68.2. The average molecular weight is 524 g/mol. The zero-order chi connectivity index (χ0) is 28.9. The maximum absolute atomic E-state index is 12.6. The zero-order valence-electron chi connectivity index (χ0n) is 25.1. The number of carbonyl (C=O) groups is 5. The van der Waals surface area contributed by atoms with E-state index in [1.807, 2.05) is 83.9 Å². The van der Waals surface area contributed by atoms with Gasteiger partial charge < -0.3 is 0 Å². The lowest BCUT2D eigenvalue weighted by atomic mass is 10.1. The molecule has 0 aliphatic heterocycles. The molecule has 0 aromatic heterocycles. The van der Waals surface area contributed by atoms with Gasteiger partial charge in [-0.3, -0.25) is 38.7 Å². The van der Waals surface area contributed by atoms with Crippen LogP contribution in [0.3, 0.4) is 0 Å². The highest BCUT2D eigenvalue weighted by atomic mass is 16.1. The Balaban J connectivity index is 5.59. The maximum Gasteiger partial charge on any atom is 0.149 e. The summed E-state index contributed by atoms with van der Waals surface area (Å²) in [6, 6.07) is 0. The molecule has 0 atom stereocenters. The first-order valence-corrected chi connectivity index (χ1v) is 13.9. The quantitative estimate of drug-likeness (QED) is 0.227. The van der Waals surface area contributed by atoms with Crippen LogP contribution in [0.2, 0.25) is 0 Å². The van der Waals surface area contributed by atoms with E-state index in [9.17, 15) is 24.0 Å². The van der Waals surface area contributed by atoms with Gasteiger partial charge in [0.2, 0.25) is 0 Å². The lowest BCUT2D eigenvalue weighted by Gasteiger charge is -2.30. The zero-order valence-corrected chi connectivity index (χ0v) is 25.1. The molecule has 0 rings (SSSR count). The van der Waals surface area contributed by atoms with Gasteiger partial charge in [-0.15, -0.1) is 0 Å². The Kier molecular flexibility index (Phi) is 16.8. The van der Waals surface area contributed by atoms with Gasteiger partial charge in [-0.1, -0.05) is 69.2 Å². The molecule has 0 saturated carbocycles. The molecule has 0 radical (unpaired) electrons. The predicted molar refractivity (Wildman–Crippen MR) is 149 cm³/mol. The summed E-state index contributed by atoms with van der Waals surface area (Å²) in [6.45, 7) is 21.5. The number of hydrogen-bond acceptors (Lipinski definition) is 8. The third-order valence-electron chi connectivity index (χ3n) is 6.58. The molecular weight excluding hydrogens is 470 g/mol. The molecule has 0 fully saturated rings. The minimum Gasteiger partial charge on any atom is -0.298 e. The normalized spacial score (nSPS) is 12.3. The SMILES string of the molecule is CC(C)C(=O)CN(CCN(CC(=O)C(C)C)CC(=O)C(C)C)CCN(CC(=O)C(C)C)CC(=O)C(C)C. The number of Topliss-reactive ketones (excluding diaryl/α,β-unsaturated/α-hetero) is 5. The van der Waals surface area contributed by atoms with E-state index in [1.54, 1.807) is 0 Å². The van der Waals surface area contributed by atoms with Crippen LogP contribution in [0.1, 0.15) is 69.2 Å². The number of nitrogens with zero attached hydrogens (tertiary/aromatic N) is 3. The van der Waals surface area contributed by atoms with E-state index in [2.05, 4.69) is 0 Å². The fraction of sp³-hybridized carbons (Fsp3) is 0.828. The topological polar surface area (TPSA) is 95.1 Å². The minimum absolute atomic E-state index is 0.0759. The van der Waals surface area contributed by atoms with E-state index in [4.69, 9.17) is 0 Å². The van der Waals surface area contributed by atoms with Gasteiger partial charge in [-0.25, -0.2) is 0 Å². The van der Waals surface area contributed by atoms with Gasteiger partial charge >= 0.3 is 0 Å². The van der Waals surface area contributed by atoms with Gasteiger partial charge in [0.05, 0.1) is 32.7 Å². The van der Waals surface area contributed by atoms with Crippen LogP contribution in [-0.2, 0) is 24.0 Å². The van der Waals surface area contributed by atoms with E-state index >= 15 is 0 Å². The van der Waals surface area contributed by atoms with Gasteiger partial charge in [0.25, 0.3) is 0 Å². The van der Waals surface area contributed by atoms with Crippen LogP contribution in [0.5, 0.6) is 0 Å². The standard InChI is InChI=1S/C29H53N3O5/c1-20(2)25(33)15-30(11-13-31(16-26(34)21(3)4)17-27(35)22(5)6)12-14-32(18-28(36)23(7)8)19-29(37)24(9)10/h20-24H,11-19H2,1-10H3. The monoisotopic (exact) mass is 523 g/mol. The third kappa shape index (κ3) is 15.3. The molecule has 0 unspecified atom stereocenters. The van der Waals surface area contributed by atoms with Crippen molar-refractivity contribution in [2.24, 2.45) is 29.6 Å². The molecule has 0 amide bonds. The minimum atomic E-state index is -0.124. The molecular formula is C29H53N3O5. The molecule has 0 N–H and O–H groups in total. The predicted octanol–water partition coefficient (Wildman–Crippen LogP) is 3.02. The fourth-order valence-electron chi connectivity index (χ4n) is 3.28. The smallest absolute Gasteiger partial charge is 0.149 e. The van der Waals surface area contributed by atoms with Gasteiger partial charge in [0.15, 0.2) is 0 Å². The summed E-state index contributed by atoms with van der Waals surface area (Å²) in [5, 5.41) is 0. The Morgan fingerprint density at radius 3 is 0.703 bits per heavy atom. The van der Waals surface area contributed by atoms with Crippen molar-refractivity contribution in [1.29, 1.82) is 0 Å². The number of ketones is 5. The van der Waals surface area contributed by atoms with Crippen molar-refractivity contribution in [3.05, 3.63) is 0 Å². The average Bonchev–Trinajstić information content (AvgIpc) is 2.79. The first-order chi connectivity index (χ1) is 17.0. The lowest BCUT2D eigenvalue weighted by molar-refractivity contribution is -0.127. The van der Waals surface area contributed by atoms with Crippen LogP contribution < -0.4 is 0 Å². The van der Waals surface area contributed by atoms with E-state index in [0.717, 1.165) is 0 Å². The second-order valence-electron chi connectivity index (χ2n) is 11.8. The highest BCUT2D eigenvalue weighted by molar-refractivity contribution is 5.86. The summed E-state index contributed by atoms with van der Waals surface area (Å²) in [5.41, 5.74) is 0. The fourth-order valence-corrected chi connectivity index (χ4v) is 3.28. The van der Waals surface area contributed by atoms with Crippen LogP contribution >= 0.6 is 0 Å². The highest BCUT2D eigenvalue weighted by Gasteiger charge is 2.23. The number of rotatable bonds is 21. The maximum atomic E-state index is 12.6. The highest BCUT2D eigenvalue weighted by Crippen LogP contribution is 2.07. The first kappa shape index (κ1) is 35.2. The van der Waals surface area contributed by atoms with Crippen molar-refractivity contribution in [3.63, 3.8) is 0 Å². The van der Waals surface area contributed by atoms with Crippen LogP contribution in [0.4, 0.5) is 0 Å². The molecule has 0 aliphatic rings. The molecule has 8 heteroatoms. The van der Waals surface area contributed by atoms with Gasteiger partial charge in [0.1, 0.15) is 28.9 Å². The first-order valence-electron chi connectivity index (χ1n) is 13.9. The van der Waals surface area contributed by atoms with Crippen LogP contribution in [0, 0.1) is 29.6 Å². The molecule has 0 spiro atoms. The van der Waals surface area contributed by atoms with Gasteiger partial charge in [-0.05, 0) is 0 Å². The van der Waals surface area contributed by atoms with E-state index < -0.39 is 0 Å². The van der Waals surface area contributed by atoms with Crippen molar-refractivity contribution in [3.8, 4) is 0 Å². The molecule has 0 aromatic carbocycles. The molecule has 0 aliphatic carbocycles. The Labute approximate surface area is 225 Å².